The molecular weight excluding hydrogens is 322 g/mol. The molecule has 0 bridgehead atoms. The highest BCUT2D eigenvalue weighted by Gasteiger charge is 2.29. The number of rotatable bonds is 4. The maximum Gasteiger partial charge on any atom is 0.338 e. The number of hydrogen-bond acceptors (Lipinski definition) is 6. The van der Waals surface area contributed by atoms with Gasteiger partial charge in [0.15, 0.2) is 6.61 Å². The molecule has 25 heavy (non-hydrogen) atoms. The Morgan fingerprint density at radius 1 is 1.16 bits per heavy atom. The van der Waals surface area contributed by atoms with Crippen molar-refractivity contribution >= 4 is 11.9 Å². The molecule has 2 unspecified atom stereocenters. The Morgan fingerprint density at radius 2 is 1.84 bits per heavy atom. The number of amides is 1. The zero-order chi connectivity index (χ0) is 17.8. The molecule has 0 spiro atoms. The van der Waals surface area contributed by atoms with Crippen LogP contribution in [0.4, 0.5) is 0 Å². The normalized spacial score (nSPS) is 20.3. The smallest absolute Gasteiger partial charge is 0.338 e. The third kappa shape index (κ3) is 3.84. The minimum absolute atomic E-state index is 0.140. The van der Waals surface area contributed by atoms with Crippen LogP contribution in [-0.2, 0) is 9.53 Å². The van der Waals surface area contributed by atoms with Crippen molar-refractivity contribution in [2.75, 3.05) is 6.61 Å². The van der Waals surface area contributed by atoms with Crippen LogP contribution < -0.4 is 0 Å². The highest BCUT2D eigenvalue weighted by Crippen LogP contribution is 2.22. The van der Waals surface area contributed by atoms with E-state index in [1.807, 2.05) is 18.7 Å². The van der Waals surface area contributed by atoms with Crippen molar-refractivity contribution in [3.05, 3.63) is 36.2 Å². The molecule has 2 aromatic rings. The van der Waals surface area contributed by atoms with Gasteiger partial charge in [-0.15, -0.1) is 5.10 Å². The second-order valence-corrected chi connectivity index (χ2v) is 6.31. The number of carbonyl (C=O) groups is 2. The Hall–Kier alpha value is -2.77. The largest absolute Gasteiger partial charge is 0.452 e. The molecule has 8 nitrogen and oxygen atoms in total. The lowest BCUT2D eigenvalue weighted by Crippen LogP contribution is -2.49. The summed E-state index contributed by atoms with van der Waals surface area (Å²) < 4.78 is 6.68. The van der Waals surface area contributed by atoms with E-state index in [2.05, 4.69) is 15.5 Å². The number of esters is 1. The molecule has 1 saturated heterocycles. The van der Waals surface area contributed by atoms with Gasteiger partial charge in [-0.1, -0.05) is 0 Å². The van der Waals surface area contributed by atoms with Gasteiger partial charge in [0.1, 0.15) is 6.33 Å². The number of ether oxygens (including phenoxy) is 1. The van der Waals surface area contributed by atoms with E-state index >= 15 is 0 Å². The summed E-state index contributed by atoms with van der Waals surface area (Å²) >= 11 is 0. The molecule has 0 radical (unpaired) electrons. The van der Waals surface area contributed by atoms with Crippen molar-refractivity contribution in [2.24, 2.45) is 0 Å². The first-order valence-electron chi connectivity index (χ1n) is 8.38. The van der Waals surface area contributed by atoms with Crippen molar-refractivity contribution in [1.29, 1.82) is 0 Å². The van der Waals surface area contributed by atoms with Crippen LogP contribution in [0.5, 0.6) is 0 Å². The van der Waals surface area contributed by atoms with E-state index in [-0.39, 0.29) is 24.6 Å². The Kier molecular flexibility index (Phi) is 5.06. The lowest BCUT2D eigenvalue weighted by Gasteiger charge is -2.38. The van der Waals surface area contributed by atoms with Gasteiger partial charge >= 0.3 is 5.97 Å². The van der Waals surface area contributed by atoms with Gasteiger partial charge in [-0.25, -0.2) is 9.48 Å². The Labute approximate surface area is 145 Å². The van der Waals surface area contributed by atoms with Crippen LogP contribution in [0.2, 0.25) is 0 Å². The van der Waals surface area contributed by atoms with Crippen LogP contribution in [0.25, 0.3) is 5.69 Å². The molecule has 1 aromatic carbocycles. The quantitative estimate of drug-likeness (QED) is 0.784. The standard InChI is InChI=1S/C17H21N5O3/c1-12-4-3-5-13(2)22(12)16(23)10-25-17(24)14-6-8-15(9-7-14)21-11-18-19-20-21/h6-9,11-13H,3-5,10H2,1-2H3. The summed E-state index contributed by atoms with van der Waals surface area (Å²) in [5.74, 6) is -0.660. The summed E-state index contributed by atoms with van der Waals surface area (Å²) in [5, 5.41) is 10.9. The highest BCUT2D eigenvalue weighted by atomic mass is 16.5. The molecule has 1 aliphatic rings. The van der Waals surface area contributed by atoms with Gasteiger partial charge in [0.05, 0.1) is 11.3 Å². The lowest BCUT2D eigenvalue weighted by molar-refractivity contribution is -0.140. The molecule has 132 valence electrons. The fraction of sp³-hybridized carbons (Fsp3) is 0.471. The predicted molar refractivity (Wildman–Crippen MR) is 89.1 cm³/mol. The van der Waals surface area contributed by atoms with E-state index in [4.69, 9.17) is 4.74 Å². The number of aromatic nitrogens is 4. The SMILES string of the molecule is CC1CCCC(C)N1C(=O)COC(=O)c1ccc(-n2cnnn2)cc1. The average molecular weight is 343 g/mol. The van der Waals surface area contributed by atoms with Crippen LogP contribution in [0.3, 0.4) is 0 Å². The molecule has 2 heterocycles. The molecule has 1 amide bonds. The van der Waals surface area contributed by atoms with Gasteiger partial charge in [-0.2, -0.15) is 0 Å². The molecule has 1 aromatic heterocycles. The van der Waals surface area contributed by atoms with Crippen molar-refractivity contribution in [2.45, 2.75) is 45.2 Å². The molecular formula is C17H21N5O3. The highest BCUT2D eigenvalue weighted by molar-refractivity contribution is 5.91. The number of likely N-dealkylation sites (tertiary alicyclic amines) is 1. The predicted octanol–water partition coefficient (Wildman–Crippen LogP) is 1.61. The first kappa shape index (κ1) is 17.1. The van der Waals surface area contributed by atoms with E-state index in [1.54, 1.807) is 24.3 Å². The molecule has 0 saturated carbocycles. The van der Waals surface area contributed by atoms with E-state index in [9.17, 15) is 9.59 Å². The zero-order valence-corrected chi connectivity index (χ0v) is 14.3. The maximum absolute atomic E-state index is 12.4. The third-order valence-electron chi connectivity index (χ3n) is 4.52. The van der Waals surface area contributed by atoms with Gasteiger partial charge in [-0.3, -0.25) is 4.79 Å². The molecule has 8 heteroatoms. The van der Waals surface area contributed by atoms with E-state index in [0.717, 1.165) is 24.9 Å². The maximum atomic E-state index is 12.4. The molecule has 0 aliphatic carbocycles. The number of carbonyl (C=O) groups excluding carboxylic acids is 2. The van der Waals surface area contributed by atoms with Crippen molar-refractivity contribution in [3.63, 3.8) is 0 Å². The van der Waals surface area contributed by atoms with Crippen molar-refractivity contribution in [1.82, 2.24) is 25.1 Å². The Morgan fingerprint density at radius 3 is 2.44 bits per heavy atom. The monoisotopic (exact) mass is 343 g/mol. The van der Waals surface area contributed by atoms with E-state index < -0.39 is 5.97 Å². The number of tetrazole rings is 1. The zero-order valence-electron chi connectivity index (χ0n) is 14.3. The minimum Gasteiger partial charge on any atom is -0.452 e. The summed E-state index contributed by atoms with van der Waals surface area (Å²) in [6.45, 7) is 3.84. The van der Waals surface area contributed by atoms with Gasteiger partial charge in [0.2, 0.25) is 0 Å². The van der Waals surface area contributed by atoms with Crippen LogP contribution in [0.1, 0.15) is 43.5 Å². The fourth-order valence-corrected chi connectivity index (χ4v) is 3.23. The summed E-state index contributed by atoms with van der Waals surface area (Å²) in [5.41, 5.74) is 1.11. The van der Waals surface area contributed by atoms with Crippen LogP contribution in [-0.4, -0.2) is 55.7 Å². The van der Waals surface area contributed by atoms with Gasteiger partial charge < -0.3 is 9.64 Å². The van der Waals surface area contributed by atoms with Crippen molar-refractivity contribution < 1.29 is 14.3 Å². The average Bonchev–Trinajstić information content (AvgIpc) is 3.14. The molecule has 3 rings (SSSR count). The Bertz CT molecular complexity index is 719. The number of piperidine rings is 1. The number of nitrogens with zero attached hydrogens (tertiary/aromatic N) is 5. The summed E-state index contributed by atoms with van der Waals surface area (Å²) in [6, 6.07) is 7.04. The van der Waals surface area contributed by atoms with Crippen LogP contribution >= 0.6 is 0 Å². The van der Waals surface area contributed by atoms with Crippen LogP contribution in [0, 0.1) is 0 Å². The van der Waals surface area contributed by atoms with Gasteiger partial charge in [0, 0.05) is 12.1 Å². The number of benzene rings is 1. The second kappa shape index (κ2) is 7.42. The van der Waals surface area contributed by atoms with E-state index in [0.29, 0.717) is 5.56 Å². The lowest BCUT2D eigenvalue weighted by atomic mass is 9.97. The van der Waals surface area contributed by atoms with E-state index in [1.165, 1.54) is 11.0 Å². The van der Waals surface area contributed by atoms with Crippen LogP contribution in [0.15, 0.2) is 30.6 Å². The Balaban J connectivity index is 1.58. The molecule has 1 aliphatic heterocycles. The number of hydrogen-bond donors (Lipinski definition) is 0. The molecule has 0 N–H and O–H groups in total. The third-order valence-corrected chi connectivity index (χ3v) is 4.52. The van der Waals surface area contributed by atoms with Gasteiger partial charge in [-0.05, 0) is 67.8 Å². The minimum atomic E-state index is -0.520. The van der Waals surface area contributed by atoms with Gasteiger partial charge in [0.25, 0.3) is 5.91 Å². The summed E-state index contributed by atoms with van der Waals surface area (Å²) in [7, 11) is 0. The first-order valence-corrected chi connectivity index (χ1v) is 8.38. The van der Waals surface area contributed by atoms with Crippen molar-refractivity contribution in [3.8, 4) is 5.69 Å². The second-order valence-electron chi connectivity index (χ2n) is 6.31. The summed E-state index contributed by atoms with van der Waals surface area (Å²) in [4.78, 5) is 26.4. The first-order chi connectivity index (χ1) is 12.1. The fourth-order valence-electron chi connectivity index (χ4n) is 3.23. The molecule has 2 atom stereocenters. The topological polar surface area (TPSA) is 90.2 Å². The summed E-state index contributed by atoms with van der Waals surface area (Å²) in [6.07, 6.45) is 4.57. The molecule has 1 fully saturated rings.